The van der Waals surface area contributed by atoms with Crippen molar-refractivity contribution >= 4 is 33.0 Å². The Kier molecular flexibility index (Phi) is 6.16. The molecule has 0 radical (unpaired) electrons. The predicted octanol–water partition coefficient (Wildman–Crippen LogP) is 4.00. The molecule has 1 atom stereocenters. The molecule has 1 aromatic heterocycles. The van der Waals surface area contributed by atoms with Crippen LogP contribution in [0.1, 0.15) is 16.5 Å². The Morgan fingerprint density at radius 1 is 1.28 bits per heavy atom. The van der Waals surface area contributed by atoms with Crippen molar-refractivity contribution in [2.24, 2.45) is 0 Å². The van der Waals surface area contributed by atoms with E-state index in [0.29, 0.717) is 6.07 Å². The van der Waals surface area contributed by atoms with Crippen LogP contribution in [0.3, 0.4) is 0 Å². The quantitative estimate of drug-likeness (QED) is 0.780. The zero-order valence-corrected chi connectivity index (χ0v) is 15.7. The zero-order chi connectivity index (χ0) is 18.8. The summed E-state index contributed by atoms with van der Waals surface area (Å²) >= 11 is 7.28. The minimum Gasteiger partial charge on any atom is -0.300 e. The number of benzene rings is 1. The van der Waals surface area contributed by atoms with Crippen LogP contribution in [0.4, 0.5) is 13.2 Å². The van der Waals surface area contributed by atoms with Gasteiger partial charge in [0.1, 0.15) is 4.90 Å². The van der Waals surface area contributed by atoms with Crippen LogP contribution in [0.15, 0.2) is 40.6 Å². The molecule has 25 heavy (non-hydrogen) atoms. The fraction of sp³-hybridized carbons (Fsp3) is 0.333. The largest absolute Gasteiger partial charge is 0.416 e. The third kappa shape index (κ3) is 4.95. The predicted molar refractivity (Wildman–Crippen MR) is 92.4 cm³/mol. The van der Waals surface area contributed by atoms with E-state index in [1.54, 1.807) is 14.1 Å². The molecule has 0 aliphatic carbocycles. The number of alkyl halides is 3. The summed E-state index contributed by atoms with van der Waals surface area (Å²) in [6.07, 6.45) is -4.65. The normalized spacial score (nSPS) is 14.0. The maximum absolute atomic E-state index is 12.8. The third-order valence-electron chi connectivity index (χ3n) is 3.51. The number of sulfonamides is 1. The van der Waals surface area contributed by atoms with Gasteiger partial charge in [0.2, 0.25) is 10.0 Å². The van der Waals surface area contributed by atoms with Gasteiger partial charge in [0.05, 0.1) is 16.6 Å². The Morgan fingerprint density at radius 3 is 2.48 bits per heavy atom. The summed E-state index contributed by atoms with van der Waals surface area (Å²) < 4.78 is 65.7. The Morgan fingerprint density at radius 2 is 1.96 bits per heavy atom. The molecule has 1 aromatic carbocycles. The molecule has 0 unspecified atom stereocenters. The maximum atomic E-state index is 12.8. The lowest BCUT2D eigenvalue weighted by Gasteiger charge is -2.23. The number of thiophene rings is 1. The van der Waals surface area contributed by atoms with Gasteiger partial charge in [-0.15, -0.1) is 11.3 Å². The van der Waals surface area contributed by atoms with Crippen LogP contribution in [0, 0.1) is 0 Å². The molecule has 0 spiro atoms. The first-order chi connectivity index (χ1) is 11.5. The Bertz CT molecular complexity index is 822. The first-order valence-corrected chi connectivity index (χ1v) is 9.82. The van der Waals surface area contributed by atoms with E-state index in [1.165, 1.54) is 11.3 Å². The summed E-state index contributed by atoms with van der Waals surface area (Å²) in [7, 11) is -0.622. The minimum atomic E-state index is -4.65. The SMILES string of the molecule is CN(C)[C@H](CNS(=O)(=O)c1cc(C(F)(F)F)ccc1Cl)c1cccs1. The molecule has 10 heteroatoms. The summed E-state index contributed by atoms with van der Waals surface area (Å²) in [6.45, 7) is 0.00240. The number of halogens is 4. The lowest BCUT2D eigenvalue weighted by atomic mass is 10.2. The van der Waals surface area contributed by atoms with Gasteiger partial charge in [-0.2, -0.15) is 13.2 Å². The van der Waals surface area contributed by atoms with Gasteiger partial charge in [0, 0.05) is 11.4 Å². The molecule has 138 valence electrons. The van der Waals surface area contributed by atoms with E-state index in [-0.39, 0.29) is 17.6 Å². The van der Waals surface area contributed by atoms with Crippen LogP contribution in [0.2, 0.25) is 5.02 Å². The molecule has 0 bridgehead atoms. The van der Waals surface area contributed by atoms with Crippen LogP contribution in [-0.2, 0) is 16.2 Å². The number of nitrogens with zero attached hydrogens (tertiary/aromatic N) is 1. The fourth-order valence-corrected chi connectivity index (χ4v) is 4.66. The van der Waals surface area contributed by atoms with E-state index in [4.69, 9.17) is 11.6 Å². The van der Waals surface area contributed by atoms with Crippen LogP contribution >= 0.6 is 22.9 Å². The van der Waals surface area contributed by atoms with E-state index in [2.05, 4.69) is 4.72 Å². The molecule has 4 nitrogen and oxygen atoms in total. The van der Waals surface area contributed by atoms with E-state index in [9.17, 15) is 21.6 Å². The molecular weight excluding hydrogens is 397 g/mol. The van der Waals surface area contributed by atoms with Crippen LogP contribution < -0.4 is 4.72 Å². The third-order valence-corrected chi connectivity index (χ3v) is 6.39. The van der Waals surface area contributed by atoms with Crippen molar-refractivity contribution in [1.29, 1.82) is 0 Å². The average molecular weight is 413 g/mol. The first-order valence-electron chi connectivity index (χ1n) is 7.08. The molecule has 0 fully saturated rings. The highest BCUT2D eigenvalue weighted by molar-refractivity contribution is 7.89. The maximum Gasteiger partial charge on any atom is 0.416 e. The second kappa shape index (κ2) is 7.63. The topological polar surface area (TPSA) is 49.4 Å². The van der Waals surface area contributed by atoms with Crippen molar-refractivity contribution in [3.05, 3.63) is 51.2 Å². The monoisotopic (exact) mass is 412 g/mol. The number of hydrogen-bond acceptors (Lipinski definition) is 4. The summed E-state index contributed by atoms with van der Waals surface area (Å²) in [6, 6.07) is 5.67. The molecule has 0 saturated heterocycles. The Hall–Kier alpha value is -1.13. The zero-order valence-electron chi connectivity index (χ0n) is 13.3. The van der Waals surface area contributed by atoms with Gasteiger partial charge < -0.3 is 4.90 Å². The van der Waals surface area contributed by atoms with Crippen molar-refractivity contribution in [3.8, 4) is 0 Å². The highest BCUT2D eigenvalue weighted by Gasteiger charge is 2.33. The molecule has 0 amide bonds. The van der Waals surface area contributed by atoms with E-state index < -0.39 is 26.7 Å². The van der Waals surface area contributed by atoms with Gasteiger partial charge in [-0.3, -0.25) is 0 Å². The lowest BCUT2D eigenvalue weighted by Crippen LogP contribution is -2.34. The Balaban J connectivity index is 2.27. The minimum absolute atomic E-state index is 0.00240. The summed E-state index contributed by atoms with van der Waals surface area (Å²) in [5.74, 6) is 0. The number of nitrogens with one attached hydrogen (secondary N) is 1. The second-order valence-corrected chi connectivity index (χ2v) is 8.61. The van der Waals surface area contributed by atoms with Crippen molar-refractivity contribution in [3.63, 3.8) is 0 Å². The highest BCUT2D eigenvalue weighted by atomic mass is 35.5. The van der Waals surface area contributed by atoms with Gasteiger partial charge in [0.15, 0.2) is 0 Å². The smallest absolute Gasteiger partial charge is 0.300 e. The summed E-state index contributed by atoms with van der Waals surface area (Å²) in [5.41, 5.74) is -1.07. The molecule has 0 aliphatic heterocycles. The standard InChI is InChI=1S/C15H16ClF3N2O2S2/c1-21(2)12(13-4-3-7-24-13)9-20-25(22,23)14-8-10(15(17,18)19)5-6-11(14)16/h3-8,12,20H,9H2,1-2H3/t12-/m1/s1. The van der Waals surface area contributed by atoms with Gasteiger partial charge in [-0.05, 0) is 43.7 Å². The van der Waals surface area contributed by atoms with Crippen LogP contribution in [0.25, 0.3) is 0 Å². The van der Waals surface area contributed by atoms with E-state index in [1.807, 2.05) is 22.4 Å². The van der Waals surface area contributed by atoms with E-state index >= 15 is 0 Å². The van der Waals surface area contributed by atoms with Crippen molar-refractivity contribution in [2.45, 2.75) is 17.1 Å². The van der Waals surface area contributed by atoms with Gasteiger partial charge in [0.25, 0.3) is 0 Å². The van der Waals surface area contributed by atoms with Gasteiger partial charge >= 0.3 is 6.18 Å². The average Bonchev–Trinajstić information content (AvgIpc) is 3.00. The molecule has 1 N–H and O–H groups in total. The van der Waals surface area contributed by atoms with Crippen LogP contribution in [-0.4, -0.2) is 34.0 Å². The molecule has 2 aromatic rings. The van der Waals surface area contributed by atoms with Crippen LogP contribution in [0.5, 0.6) is 0 Å². The molecule has 0 aliphatic rings. The van der Waals surface area contributed by atoms with Crippen molar-refractivity contribution in [2.75, 3.05) is 20.6 Å². The molecular formula is C15H16ClF3N2O2S2. The highest BCUT2D eigenvalue weighted by Crippen LogP contribution is 2.33. The number of hydrogen-bond donors (Lipinski definition) is 1. The molecule has 2 rings (SSSR count). The number of rotatable bonds is 6. The number of likely N-dealkylation sites (N-methyl/N-ethyl adjacent to an activating group) is 1. The summed E-state index contributed by atoms with van der Waals surface area (Å²) in [4.78, 5) is 2.16. The lowest BCUT2D eigenvalue weighted by molar-refractivity contribution is -0.137. The van der Waals surface area contributed by atoms with Crippen molar-refractivity contribution < 1.29 is 21.6 Å². The first kappa shape index (κ1) is 20.2. The Labute approximate surface area is 153 Å². The van der Waals surface area contributed by atoms with Gasteiger partial charge in [-0.25, -0.2) is 13.1 Å². The molecule has 1 heterocycles. The molecule has 0 saturated carbocycles. The summed E-state index contributed by atoms with van der Waals surface area (Å²) in [5, 5.41) is 1.60. The second-order valence-electron chi connectivity index (χ2n) is 5.49. The fourth-order valence-electron chi connectivity index (χ4n) is 2.17. The van der Waals surface area contributed by atoms with Gasteiger partial charge in [-0.1, -0.05) is 17.7 Å². The van der Waals surface area contributed by atoms with Crippen molar-refractivity contribution in [1.82, 2.24) is 9.62 Å². The van der Waals surface area contributed by atoms with E-state index in [0.717, 1.165) is 17.0 Å².